The van der Waals surface area contributed by atoms with E-state index in [9.17, 15) is 8.78 Å². The average molecular weight is 267 g/mol. The second-order valence-electron chi connectivity index (χ2n) is 4.28. The first-order valence-corrected chi connectivity index (χ1v) is 6.15. The van der Waals surface area contributed by atoms with E-state index in [-0.39, 0.29) is 0 Å². The van der Waals surface area contributed by atoms with E-state index in [1.807, 2.05) is 30.3 Å². The van der Waals surface area contributed by atoms with Crippen molar-refractivity contribution in [1.29, 1.82) is 0 Å². The number of halogens is 3. The van der Waals surface area contributed by atoms with Crippen molar-refractivity contribution in [3.05, 3.63) is 70.8 Å². The molecule has 2 aromatic rings. The van der Waals surface area contributed by atoms with Gasteiger partial charge in [0, 0.05) is 11.6 Å². The lowest BCUT2D eigenvalue weighted by Gasteiger charge is -2.12. The fourth-order valence-corrected chi connectivity index (χ4v) is 2.20. The van der Waals surface area contributed by atoms with Crippen LogP contribution in [-0.4, -0.2) is 0 Å². The van der Waals surface area contributed by atoms with Crippen molar-refractivity contribution in [3.8, 4) is 0 Å². The first-order valence-electron chi connectivity index (χ1n) is 5.71. The molecule has 0 heterocycles. The predicted octanol–water partition coefficient (Wildman–Crippen LogP) is 4.80. The van der Waals surface area contributed by atoms with Gasteiger partial charge in [-0.3, -0.25) is 0 Å². The molecule has 0 radical (unpaired) electrons. The Bertz CT molecular complexity index is 538. The Hall–Kier alpha value is -1.41. The van der Waals surface area contributed by atoms with Gasteiger partial charge in [-0.1, -0.05) is 30.3 Å². The van der Waals surface area contributed by atoms with Crippen LogP contribution in [0, 0.1) is 18.6 Å². The molecule has 0 bridgehead atoms. The second kappa shape index (κ2) is 5.49. The molecule has 0 aliphatic heterocycles. The van der Waals surface area contributed by atoms with Crippen molar-refractivity contribution in [2.75, 3.05) is 0 Å². The van der Waals surface area contributed by atoms with Crippen molar-refractivity contribution in [2.24, 2.45) is 0 Å². The van der Waals surface area contributed by atoms with E-state index in [2.05, 4.69) is 0 Å². The van der Waals surface area contributed by atoms with E-state index >= 15 is 0 Å². The van der Waals surface area contributed by atoms with Crippen LogP contribution in [0.2, 0.25) is 0 Å². The maximum absolute atomic E-state index is 13.7. The Morgan fingerprint density at radius 2 is 1.72 bits per heavy atom. The topological polar surface area (TPSA) is 0 Å². The summed E-state index contributed by atoms with van der Waals surface area (Å²) in [6, 6.07) is 12.0. The van der Waals surface area contributed by atoms with Gasteiger partial charge in [0.05, 0.1) is 5.38 Å². The molecular formula is C15H13ClF2. The van der Waals surface area contributed by atoms with E-state index in [0.29, 0.717) is 17.5 Å². The van der Waals surface area contributed by atoms with Gasteiger partial charge in [-0.15, -0.1) is 11.6 Å². The zero-order chi connectivity index (χ0) is 13.1. The molecule has 18 heavy (non-hydrogen) atoms. The second-order valence-corrected chi connectivity index (χ2v) is 4.81. The monoisotopic (exact) mass is 266 g/mol. The molecule has 0 saturated carbocycles. The van der Waals surface area contributed by atoms with Crippen LogP contribution in [0.4, 0.5) is 8.78 Å². The first kappa shape index (κ1) is 13.0. The highest BCUT2D eigenvalue weighted by molar-refractivity contribution is 6.20. The number of alkyl halides is 1. The van der Waals surface area contributed by atoms with Gasteiger partial charge >= 0.3 is 0 Å². The third kappa shape index (κ3) is 2.88. The van der Waals surface area contributed by atoms with Gasteiger partial charge in [0.1, 0.15) is 11.6 Å². The van der Waals surface area contributed by atoms with Crippen LogP contribution in [-0.2, 0) is 6.42 Å². The van der Waals surface area contributed by atoms with E-state index in [1.54, 1.807) is 6.92 Å². The third-order valence-corrected chi connectivity index (χ3v) is 3.26. The molecule has 0 N–H and O–H groups in total. The van der Waals surface area contributed by atoms with Crippen LogP contribution in [0.5, 0.6) is 0 Å². The van der Waals surface area contributed by atoms with Gasteiger partial charge in [-0.05, 0) is 30.5 Å². The van der Waals surface area contributed by atoms with Crippen LogP contribution in [0.1, 0.15) is 22.1 Å². The summed E-state index contributed by atoms with van der Waals surface area (Å²) in [5, 5.41) is -0.494. The van der Waals surface area contributed by atoms with E-state index < -0.39 is 17.0 Å². The molecule has 3 heteroatoms. The minimum Gasteiger partial charge on any atom is -0.207 e. The van der Waals surface area contributed by atoms with Crippen molar-refractivity contribution in [2.45, 2.75) is 18.7 Å². The lowest BCUT2D eigenvalue weighted by molar-refractivity contribution is 0.564. The fourth-order valence-electron chi connectivity index (χ4n) is 1.85. The lowest BCUT2D eigenvalue weighted by Crippen LogP contribution is -2.01. The Kier molecular flexibility index (Phi) is 3.97. The number of hydrogen-bond donors (Lipinski definition) is 0. The third-order valence-electron chi connectivity index (χ3n) is 2.87. The minimum atomic E-state index is -0.589. The molecule has 0 aliphatic rings. The first-order chi connectivity index (χ1) is 8.58. The van der Waals surface area contributed by atoms with E-state index in [1.165, 1.54) is 6.07 Å². The SMILES string of the molecule is Cc1cc(C(Cl)Cc2ccccc2)c(F)cc1F. The van der Waals surface area contributed by atoms with Gasteiger partial charge in [-0.25, -0.2) is 8.78 Å². The molecule has 2 rings (SSSR count). The lowest BCUT2D eigenvalue weighted by atomic mass is 10.0. The Balaban J connectivity index is 2.24. The normalized spacial score (nSPS) is 12.4. The zero-order valence-corrected chi connectivity index (χ0v) is 10.7. The summed E-state index contributed by atoms with van der Waals surface area (Å²) in [4.78, 5) is 0. The maximum Gasteiger partial charge on any atom is 0.130 e. The molecule has 0 aliphatic carbocycles. The molecule has 0 fully saturated rings. The van der Waals surface area contributed by atoms with Gasteiger partial charge in [0.15, 0.2) is 0 Å². The van der Waals surface area contributed by atoms with Crippen LogP contribution in [0.3, 0.4) is 0 Å². The highest BCUT2D eigenvalue weighted by Crippen LogP contribution is 2.28. The van der Waals surface area contributed by atoms with Crippen LogP contribution < -0.4 is 0 Å². The molecule has 0 nitrogen and oxygen atoms in total. The molecular weight excluding hydrogens is 254 g/mol. The molecule has 2 aromatic carbocycles. The molecule has 94 valence electrons. The Morgan fingerprint density at radius 3 is 2.39 bits per heavy atom. The Labute approximate surface area is 110 Å². The van der Waals surface area contributed by atoms with Crippen molar-refractivity contribution >= 4 is 11.6 Å². The number of hydrogen-bond acceptors (Lipinski definition) is 0. The largest absolute Gasteiger partial charge is 0.207 e. The predicted molar refractivity (Wildman–Crippen MR) is 69.8 cm³/mol. The number of aryl methyl sites for hydroxylation is 1. The quantitative estimate of drug-likeness (QED) is 0.701. The molecule has 1 atom stereocenters. The van der Waals surface area contributed by atoms with Crippen LogP contribution >= 0.6 is 11.6 Å². The summed E-state index contributed by atoms with van der Waals surface area (Å²) in [7, 11) is 0. The highest BCUT2D eigenvalue weighted by atomic mass is 35.5. The van der Waals surface area contributed by atoms with Crippen molar-refractivity contribution < 1.29 is 8.78 Å². The van der Waals surface area contributed by atoms with Crippen molar-refractivity contribution in [1.82, 2.24) is 0 Å². The minimum absolute atomic E-state index is 0.347. The van der Waals surface area contributed by atoms with Crippen molar-refractivity contribution in [3.63, 3.8) is 0 Å². The van der Waals surface area contributed by atoms with Gasteiger partial charge in [0.2, 0.25) is 0 Å². The van der Waals surface area contributed by atoms with E-state index in [4.69, 9.17) is 11.6 Å². The smallest absolute Gasteiger partial charge is 0.130 e. The number of benzene rings is 2. The summed E-state index contributed by atoms with van der Waals surface area (Å²) in [5.74, 6) is -1.13. The summed E-state index contributed by atoms with van der Waals surface area (Å²) in [6.45, 7) is 1.60. The molecule has 0 aromatic heterocycles. The molecule has 0 amide bonds. The molecule has 1 unspecified atom stereocenters. The average Bonchev–Trinajstić information content (AvgIpc) is 2.35. The van der Waals surface area contributed by atoms with Gasteiger partial charge in [-0.2, -0.15) is 0 Å². The summed E-state index contributed by atoms with van der Waals surface area (Å²) < 4.78 is 26.8. The summed E-state index contributed by atoms with van der Waals surface area (Å²) in [6.07, 6.45) is 0.518. The number of rotatable bonds is 3. The van der Waals surface area contributed by atoms with Crippen LogP contribution in [0.25, 0.3) is 0 Å². The summed E-state index contributed by atoms with van der Waals surface area (Å²) >= 11 is 6.21. The van der Waals surface area contributed by atoms with Gasteiger partial charge in [0.25, 0.3) is 0 Å². The summed E-state index contributed by atoms with van der Waals surface area (Å²) in [5.41, 5.74) is 1.78. The maximum atomic E-state index is 13.7. The standard InChI is InChI=1S/C15H13ClF2/c1-10-7-12(15(18)9-14(10)17)13(16)8-11-5-3-2-4-6-11/h2-7,9,13H,8H2,1H3. The fraction of sp³-hybridized carbons (Fsp3) is 0.200. The highest BCUT2D eigenvalue weighted by Gasteiger charge is 2.15. The van der Waals surface area contributed by atoms with Crippen LogP contribution in [0.15, 0.2) is 42.5 Å². The zero-order valence-electron chi connectivity index (χ0n) is 9.96. The van der Waals surface area contributed by atoms with E-state index in [0.717, 1.165) is 11.6 Å². The molecule has 0 spiro atoms. The Morgan fingerprint density at radius 1 is 1.06 bits per heavy atom. The molecule has 0 saturated heterocycles. The van der Waals surface area contributed by atoms with Gasteiger partial charge < -0.3 is 0 Å².